The van der Waals surface area contributed by atoms with Crippen LogP contribution in [0, 0.1) is 0 Å². The molecule has 0 N–H and O–H groups in total. The number of hydrogen-bond donors (Lipinski definition) is 0. The summed E-state index contributed by atoms with van der Waals surface area (Å²) < 4.78 is 5.27. The van der Waals surface area contributed by atoms with Crippen molar-refractivity contribution in [1.29, 1.82) is 0 Å². The van der Waals surface area contributed by atoms with Crippen LogP contribution in [0.3, 0.4) is 0 Å². The predicted octanol–water partition coefficient (Wildman–Crippen LogP) is 1.72. The van der Waals surface area contributed by atoms with Crippen LogP contribution in [-0.4, -0.2) is 24.0 Å². The van der Waals surface area contributed by atoms with Crippen molar-refractivity contribution in [2.45, 2.75) is 25.2 Å². The van der Waals surface area contributed by atoms with E-state index in [0.717, 1.165) is 12.1 Å². The minimum absolute atomic E-state index is 0.00701. The van der Waals surface area contributed by atoms with Gasteiger partial charge < -0.3 is 9.53 Å². The number of nitrogens with zero attached hydrogens (tertiary/aromatic N) is 1. The molecular formula is C12H15NO2. The fourth-order valence-corrected chi connectivity index (χ4v) is 1.86. The summed E-state index contributed by atoms with van der Waals surface area (Å²) in [5.41, 5.74) is 1.05. The van der Waals surface area contributed by atoms with E-state index < -0.39 is 0 Å². The van der Waals surface area contributed by atoms with Crippen molar-refractivity contribution < 1.29 is 9.53 Å². The number of pyridine rings is 1. The summed E-state index contributed by atoms with van der Waals surface area (Å²) in [6.45, 7) is 3.01. The number of aromatic nitrogens is 1. The molecule has 1 aliphatic heterocycles. The molecule has 1 fully saturated rings. The van der Waals surface area contributed by atoms with Gasteiger partial charge in [0.05, 0.1) is 24.3 Å². The van der Waals surface area contributed by atoms with Crippen LogP contribution < -0.4 is 0 Å². The first-order valence-corrected chi connectivity index (χ1v) is 5.22. The maximum Gasteiger partial charge on any atom is 0.129 e. The Balaban J connectivity index is 2.12. The summed E-state index contributed by atoms with van der Waals surface area (Å²) in [4.78, 5) is 15.4. The van der Waals surface area contributed by atoms with Crippen molar-refractivity contribution in [1.82, 2.24) is 4.98 Å². The number of hydrogen-bond acceptors (Lipinski definition) is 3. The zero-order valence-corrected chi connectivity index (χ0v) is 8.90. The molecule has 1 aliphatic rings. The van der Waals surface area contributed by atoms with Gasteiger partial charge >= 0.3 is 0 Å². The van der Waals surface area contributed by atoms with Crippen LogP contribution in [0.25, 0.3) is 0 Å². The zero-order chi connectivity index (χ0) is 10.7. The summed E-state index contributed by atoms with van der Waals surface area (Å²) in [6, 6.07) is 5.90. The van der Waals surface area contributed by atoms with Gasteiger partial charge in [0.2, 0.25) is 0 Å². The average Bonchev–Trinajstić information content (AvgIpc) is 2.17. The van der Waals surface area contributed by atoms with Gasteiger partial charge in [-0.1, -0.05) is 6.07 Å². The Morgan fingerprint density at radius 2 is 2.33 bits per heavy atom. The van der Waals surface area contributed by atoms with Crippen LogP contribution in [0.15, 0.2) is 24.4 Å². The van der Waals surface area contributed by atoms with Crippen molar-refractivity contribution >= 4 is 5.78 Å². The molecule has 1 aromatic rings. The maximum absolute atomic E-state index is 11.0. The van der Waals surface area contributed by atoms with E-state index in [1.165, 1.54) is 0 Å². The molecule has 3 nitrogen and oxygen atoms in total. The van der Waals surface area contributed by atoms with E-state index in [4.69, 9.17) is 4.74 Å². The second kappa shape index (κ2) is 4.11. The molecule has 2 rings (SSSR count). The van der Waals surface area contributed by atoms with Gasteiger partial charge in [0.1, 0.15) is 5.78 Å². The van der Waals surface area contributed by atoms with E-state index in [-0.39, 0.29) is 11.2 Å². The third-order valence-electron chi connectivity index (χ3n) is 2.92. The molecule has 1 saturated heterocycles. The number of Topliss-reactive ketones (excluding diaryl/α,β-unsaturated/α-hetero) is 1. The normalized spacial score (nSPS) is 18.2. The molecule has 0 unspecified atom stereocenters. The first kappa shape index (κ1) is 10.3. The molecule has 0 saturated carbocycles. The Morgan fingerprint density at radius 3 is 2.80 bits per heavy atom. The fourth-order valence-electron chi connectivity index (χ4n) is 1.86. The highest BCUT2D eigenvalue weighted by Gasteiger charge is 2.41. The molecule has 2 heterocycles. The number of carbonyl (C=O) groups excluding carboxylic acids is 1. The minimum Gasteiger partial charge on any atom is -0.379 e. The second-order valence-electron chi connectivity index (χ2n) is 4.19. The molecule has 15 heavy (non-hydrogen) atoms. The molecular weight excluding hydrogens is 190 g/mol. The molecule has 0 spiro atoms. The van der Waals surface area contributed by atoms with Crippen LogP contribution >= 0.6 is 0 Å². The monoisotopic (exact) mass is 205 g/mol. The largest absolute Gasteiger partial charge is 0.379 e. The SMILES string of the molecule is CC(=O)CCC1(c2ccccn2)COC1. The van der Waals surface area contributed by atoms with E-state index in [0.29, 0.717) is 19.6 Å². The molecule has 0 aromatic carbocycles. The molecule has 0 radical (unpaired) electrons. The quantitative estimate of drug-likeness (QED) is 0.751. The van der Waals surface area contributed by atoms with Crippen LogP contribution in [0.5, 0.6) is 0 Å². The maximum atomic E-state index is 11.0. The summed E-state index contributed by atoms with van der Waals surface area (Å²) in [6.07, 6.45) is 3.25. The topological polar surface area (TPSA) is 39.2 Å². The molecule has 80 valence electrons. The molecule has 0 atom stereocenters. The summed E-state index contributed by atoms with van der Waals surface area (Å²) in [5, 5.41) is 0. The number of rotatable bonds is 4. The van der Waals surface area contributed by atoms with Crippen LogP contribution in [0.1, 0.15) is 25.5 Å². The predicted molar refractivity (Wildman–Crippen MR) is 56.6 cm³/mol. The molecule has 0 bridgehead atoms. The van der Waals surface area contributed by atoms with E-state index in [1.54, 1.807) is 13.1 Å². The fraction of sp³-hybridized carbons (Fsp3) is 0.500. The zero-order valence-electron chi connectivity index (χ0n) is 8.90. The highest BCUT2D eigenvalue weighted by molar-refractivity contribution is 5.75. The van der Waals surface area contributed by atoms with Gasteiger partial charge in [-0.25, -0.2) is 0 Å². The highest BCUT2D eigenvalue weighted by Crippen LogP contribution is 2.35. The number of carbonyl (C=O) groups is 1. The summed E-state index contributed by atoms with van der Waals surface area (Å²) >= 11 is 0. The lowest BCUT2D eigenvalue weighted by atomic mass is 9.77. The Morgan fingerprint density at radius 1 is 1.53 bits per heavy atom. The van der Waals surface area contributed by atoms with Gasteiger partial charge in [-0.3, -0.25) is 4.98 Å². The van der Waals surface area contributed by atoms with E-state index >= 15 is 0 Å². The van der Waals surface area contributed by atoms with Crippen molar-refractivity contribution in [2.24, 2.45) is 0 Å². The van der Waals surface area contributed by atoms with Gasteiger partial charge in [-0.05, 0) is 25.5 Å². The number of ether oxygens (including phenoxy) is 1. The molecule has 0 aliphatic carbocycles. The lowest BCUT2D eigenvalue weighted by molar-refractivity contribution is -0.119. The third kappa shape index (κ3) is 2.07. The lowest BCUT2D eigenvalue weighted by Crippen LogP contribution is -2.47. The van der Waals surface area contributed by atoms with Crippen molar-refractivity contribution in [3.05, 3.63) is 30.1 Å². The second-order valence-corrected chi connectivity index (χ2v) is 4.19. The highest BCUT2D eigenvalue weighted by atomic mass is 16.5. The Labute approximate surface area is 89.5 Å². The van der Waals surface area contributed by atoms with E-state index in [9.17, 15) is 4.79 Å². The smallest absolute Gasteiger partial charge is 0.129 e. The molecule has 0 amide bonds. The minimum atomic E-state index is -0.00701. The van der Waals surface area contributed by atoms with Gasteiger partial charge in [-0.15, -0.1) is 0 Å². The van der Waals surface area contributed by atoms with Crippen molar-refractivity contribution in [2.75, 3.05) is 13.2 Å². The van der Waals surface area contributed by atoms with Crippen molar-refractivity contribution in [3.8, 4) is 0 Å². The summed E-state index contributed by atoms with van der Waals surface area (Å²) in [5.74, 6) is 0.234. The first-order chi connectivity index (χ1) is 7.23. The molecule has 3 heteroatoms. The van der Waals surface area contributed by atoms with Crippen LogP contribution in [0.4, 0.5) is 0 Å². The average molecular weight is 205 g/mol. The number of ketones is 1. The van der Waals surface area contributed by atoms with Gasteiger partial charge in [0.25, 0.3) is 0 Å². The first-order valence-electron chi connectivity index (χ1n) is 5.22. The van der Waals surface area contributed by atoms with Gasteiger partial charge in [0, 0.05) is 12.6 Å². The lowest BCUT2D eigenvalue weighted by Gasteiger charge is -2.40. The Hall–Kier alpha value is -1.22. The van der Waals surface area contributed by atoms with Crippen molar-refractivity contribution in [3.63, 3.8) is 0 Å². The van der Waals surface area contributed by atoms with Crippen LogP contribution in [0.2, 0.25) is 0 Å². The van der Waals surface area contributed by atoms with E-state index in [1.807, 2.05) is 18.2 Å². The third-order valence-corrected chi connectivity index (χ3v) is 2.92. The Bertz CT molecular complexity index is 344. The standard InChI is InChI=1S/C12H15NO2/c1-10(14)5-6-12(8-15-9-12)11-4-2-3-7-13-11/h2-4,7H,5-6,8-9H2,1H3. The van der Waals surface area contributed by atoms with Crippen LogP contribution in [-0.2, 0) is 14.9 Å². The van der Waals surface area contributed by atoms with E-state index in [2.05, 4.69) is 4.98 Å². The Kier molecular flexibility index (Phi) is 2.82. The molecule has 1 aromatic heterocycles. The summed E-state index contributed by atoms with van der Waals surface area (Å²) in [7, 11) is 0. The van der Waals surface area contributed by atoms with Gasteiger partial charge in [0.15, 0.2) is 0 Å². The van der Waals surface area contributed by atoms with Gasteiger partial charge in [-0.2, -0.15) is 0 Å².